The van der Waals surface area contributed by atoms with E-state index in [1.807, 2.05) is 0 Å². The van der Waals surface area contributed by atoms with E-state index in [-0.39, 0.29) is 0 Å². The molecule has 0 spiro atoms. The molecule has 4 rings (SSSR count). The summed E-state index contributed by atoms with van der Waals surface area (Å²) in [4.78, 5) is 4.77. The summed E-state index contributed by atoms with van der Waals surface area (Å²) in [6.45, 7) is 5.02. The van der Waals surface area contributed by atoms with Gasteiger partial charge < -0.3 is 5.32 Å². The van der Waals surface area contributed by atoms with E-state index in [1.54, 1.807) is 0 Å². The molecule has 1 aliphatic heterocycles. The van der Waals surface area contributed by atoms with Gasteiger partial charge >= 0.3 is 0 Å². The first-order valence-corrected chi connectivity index (χ1v) is 9.28. The summed E-state index contributed by atoms with van der Waals surface area (Å²) < 4.78 is 0. The molecule has 1 atom stereocenters. The van der Waals surface area contributed by atoms with E-state index in [1.165, 1.54) is 33.5 Å². The standard InChI is InChI=1S/C24H24N2/c1-3-18-6-8-19(9-7-18)15-25-21-12-13-22-23(16-26-24(22)14-21)20-10-4-17(2)5-11-20/h4-14,16,22,26H,3,15H2,1-2H3. The monoisotopic (exact) mass is 340 g/mol. The van der Waals surface area contributed by atoms with Gasteiger partial charge in [-0.25, -0.2) is 0 Å². The highest BCUT2D eigenvalue weighted by Gasteiger charge is 2.25. The number of aliphatic imine (C=N–C) groups is 1. The summed E-state index contributed by atoms with van der Waals surface area (Å²) in [5.41, 5.74) is 8.75. The first-order chi connectivity index (χ1) is 12.7. The normalized spacial score (nSPS) is 19.8. The Hall–Kier alpha value is -2.87. The van der Waals surface area contributed by atoms with Gasteiger partial charge in [-0.15, -0.1) is 0 Å². The Labute approximate surface area is 155 Å². The summed E-state index contributed by atoms with van der Waals surface area (Å²) in [7, 11) is 0. The van der Waals surface area contributed by atoms with Gasteiger partial charge in [0.25, 0.3) is 0 Å². The highest BCUT2D eigenvalue weighted by atomic mass is 14.9. The lowest BCUT2D eigenvalue weighted by molar-refractivity contribution is 0.932. The molecule has 0 amide bonds. The van der Waals surface area contributed by atoms with Gasteiger partial charge in [0.15, 0.2) is 0 Å². The number of rotatable bonds is 4. The van der Waals surface area contributed by atoms with Crippen LogP contribution in [0.25, 0.3) is 5.57 Å². The van der Waals surface area contributed by atoms with Gasteiger partial charge in [-0.3, -0.25) is 4.99 Å². The minimum absolute atomic E-state index is 0.306. The Morgan fingerprint density at radius 2 is 1.69 bits per heavy atom. The van der Waals surface area contributed by atoms with Crippen LogP contribution < -0.4 is 5.32 Å². The highest BCUT2D eigenvalue weighted by Crippen LogP contribution is 2.35. The molecule has 0 saturated carbocycles. The Kier molecular flexibility index (Phi) is 4.57. The number of nitrogens with one attached hydrogen (secondary N) is 1. The third-order valence-electron chi connectivity index (χ3n) is 5.09. The maximum Gasteiger partial charge on any atom is 0.0646 e. The van der Waals surface area contributed by atoms with Crippen LogP contribution in [0.15, 0.2) is 83.6 Å². The predicted molar refractivity (Wildman–Crippen MR) is 110 cm³/mol. The van der Waals surface area contributed by atoms with Crippen LogP contribution in [-0.4, -0.2) is 5.71 Å². The lowest BCUT2D eigenvalue weighted by Gasteiger charge is -2.16. The molecule has 0 aromatic heterocycles. The van der Waals surface area contributed by atoms with E-state index in [0.717, 1.165) is 18.7 Å². The minimum Gasteiger partial charge on any atom is -0.364 e. The van der Waals surface area contributed by atoms with Crippen LogP contribution in [0.1, 0.15) is 29.2 Å². The van der Waals surface area contributed by atoms with Crippen molar-refractivity contribution in [3.63, 3.8) is 0 Å². The van der Waals surface area contributed by atoms with E-state index < -0.39 is 0 Å². The van der Waals surface area contributed by atoms with Crippen LogP contribution in [0.5, 0.6) is 0 Å². The van der Waals surface area contributed by atoms with Gasteiger partial charge in [0.05, 0.1) is 12.3 Å². The zero-order valence-electron chi connectivity index (χ0n) is 15.4. The third-order valence-corrected chi connectivity index (χ3v) is 5.09. The number of fused-ring (bicyclic) bond motifs is 1. The molecule has 1 N–H and O–H groups in total. The van der Waals surface area contributed by atoms with Gasteiger partial charge in [0.2, 0.25) is 0 Å². The predicted octanol–water partition coefficient (Wildman–Crippen LogP) is 5.21. The van der Waals surface area contributed by atoms with Gasteiger partial charge in [-0.2, -0.15) is 0 Å². The zero-order valence-corrected chi connectivity index (χ0v) is 15.4. The van der Waals surface area contributed by atoms with Crippen LogP contribution in [-0.2, 0) is 13.0 Å². The number of hydrogen-bond acceptors (Lipinski definition) is 2. The Bertz CT molecular complexity index is 910. The van der Waals surface area contributed by atoms with Crippen molar-refractivity contribution >= 4 is 11.3 Å². The quantitative estimate of drug-likeness (QED) is 0.811. The molecule has 2 nitrogen and oxygen atoms in total. The third kappa shape index (κ3) is 3.41. The lowest BCUT2D eigenvalue weighted by atomic mass is 9.89. The number of nitrogens with zero attached hydrogens (tertiary/aromatic N) is 1. The van der Waals surface area contributed by atoms with Crippen LogP contribution in [0.3, 0.4) is 0 Å². The second-order valence-electron chi connectivity index (χ2n) is 6.96. The first kappa shape index (κ1) is 16.6. The average Bonchev–Trinajstić information content (AvgIpc) is 3.10. The summed E-state index contributed by atoms with van der Waals surface area (Å²) in [5.74, 6) is 0.306. The van der Waals surface area contributed by atoms with Crippen molar-refractivity contribution in [1.29, 1.82) is 0 Å². The highest BCUT2D eigenvalue weighted by molar-refractivity contribution is 6.06. The maximum absolute atomic E-state index is 4.77. The molecule has 2 aromatic carbocycles. The second-order valence-corrected chi connectivity index (χ2v) is 6.96. The first-order valence-electron chi connectivity index (χ1n) is 9.28. The molecule has 0 saturated heterocycles. The van der Waals surface area contributed by atoms with Crippen molar-refractivity contribution < 1.29 is 0 Å². The molecule has 0 fully saturated rings. The van der Waals surface area contributed by atoms with E-state index in [4.69, 9.17) is 4.99 Å². The van der Waals surface area contributed by atoms with Crippen molar-refractivity contribution in [2.75, 3.05) is 0 Å². The van der Waals surface area contributed by atoms with E-state index in [2.05, 4.69) is 92.1 Å². The molecule has 130 valence electrons. The number of allylic oxidation sites excluding steroid dienone is 3. The van der Waals surface area contributed by atoms with Crippen LogP contribution >= 0.6 is 0 Å². The fraction of sp³-hybridized carbons (Fsp3) is 0.208. The molecular weight excluding hydrogens is 316 g/mol. The number of hydrogen-bond donors (Lipinski definition) is 1. The largest absolute Gasteiger partial charge is 0.364 e. The lowest BCUT2D eigenvalue weighted by Crippen LogP contribution is -2.12. The molecule has 26 heavy (non-hydrogen) atoms. The number of aryl methyl sites for hydroxylation is 2. The molecule has 2 heteroatoms. The minimum atomic E-state index is 0.306. The Balaban J connectivity index is 1.47. The molecule has 1 unspecified atom stereocenters. The van der Waals surface area contributed by atoms with Crippen molar-refractivity contribution in [3.8, 4) is 0 Å². The molecule has 2 aromatic rings. The number of benzene rings is 2. The van der Waals surface area contributed by atoms with E-state index >= 15 is 0 Å². The van der Waals surface area contributed by atoms with Crippen LogP contribution in [0.4, 0.5) is 0 Å². The Morgan fingerprint density at radius 3 is 2.42 bits per heavy atom. The Morgan fingerprint density at radius 1 is 0.962 bits per heavy atom. The van der Waals surface area contributed by atoms with Crippen molar-refractivity contribution in [2.45, 2.75) is 26.8 Å². The van der Waals surface area contributed by atoms with Gasteiger partial charge in [0.1, 0.15) is 0 Å². The van der Waals surface area contributed by atoms with Gasteiger partial charge in [0, 0.05) is 17.8 Å². The molecule has 0 bridgehead atoms. The van der Waals surface area contributed by atoms with Crippen molar-refractivity contribution in [1.82, 2.24) is 5.32 Å². The van der Waals surface area contributed by atoms with E-state index in [0.29, 0.717) is 5.92 Å². The van der Waals surface area contributed by atoms with Crippen LogP contribution in [0, 0.1) is 12.8 Å². The van der Waals surface area contributed by atoms with Gasteiger partial charge in [-0.1, -0.05) is 67.1 Å². The summed E-state index contributed by atoms with van der Waals surface area (Å²) in [6.07, 6.45) is 9.76. The molecule has 2 aliphatic rings. The molecule has 1 aliphatic carbocycles. The smallest absolute Gasteiger partial charge is 0.0646 e. The topological polar surface area (TPSA) is 24.4 Å². The fourth-order valence-electron chi connectivity index (χ4n) is 3.42. The molecule has 0 radical (unpaired) electrons. The van der Waals surface area contributed by atoms with Crippen LogP contribution in [0.2, 0.25) is 0 Å². The van der Waals surface area contributed by atoms with Gasteiger partial charge in [-0.05, 0) is 47.8 Å². The summed E-state index contributed by atoms with van der Waals surface area (Å²) >= 11 is 0. The molecule has 1 heterocycles. The fourth-order valence-corrected chi connectivity index (χ4v) is 3.42. The van der Waals surface area contributed by atoms with Crippen molar-refractivity contribution in [2.24, 2.45) is 10.9 Å². The SMILES string of the molecule is CCc1ccc(CN=C2C=CC3C(=C2)NC=C3c2ccc(C)cc2)cc1. The zero-order chi connectivity index (χ0) is 17.9. The maximum atomic E-state index is 4.77. The van der Waals surface area contributed by atoms with Crippen molar-refractivity contribution in [3.05, 3.63) is 101 Å². The van der Waals surface area contributed by atoms with E-state index in [9.17, 15) is 0 Å². The second kappa shape index (κ2) is 7.17. The summed E-state index contributed by atoms with van der Waals surface area (Å²) in [6, 6.07) is 17.5. The average molecular weight is 340 g/mol. The molecular formula is C24H24N2. The summed E-state index contributed by atoms with van der Waals surface area (Å²) in [5, 5.41) is 3.43.